The van der Waals surface area contributed by atoms with Crippen molar-refractivity contribution in [1.82, 2.24) is 10.2 Å². The summed E-state index contributed by atoms with van der Waals surface area (Å²) in [5, 5.41) is 2.72. The standard InChI is InChI=1S/C22H32N2O6/c1-3-5-6-12-30-20(25)16-19-21(26)23-10-11-24(19)22(27)17-8-7-9-18(15-17)29-14-13-28-4-2/h7-9,15,19H,3-6,10-14,16H2,1-2H3,(H,23,26). The van der Waals surface area contributed by atoms with Crippen LogP contribution in [0.3, 0.4) is 0 Å². The lowest BCUT2D eigenvalue weighted by molar-refractivity contribution is -0.147. The third-order valence-corrected chi connectivity index (χ3v) is 4.74. The van der Waals surface area contributed by atoms with Gasteiger partial charge in [-0.05, 0) is 31.5 Å². The van der Waals surface area contributed by atoms with Crippen molar-refractivity contribution < 1.29 is 28.6 Å². The summed E-state index contributed by atoms with van der Waals surface area (Å²) in [6.45, 7) is 6.43. The van der Waals surface area contributed by atoms with Crippen molar-refractivity contribution >= 4 is 17.8 Å². The van der Waals surface area contributed by atoms with Gasteiger partial charge in [0.25, 0.3) is 5.91 Å². The van der Waals surface area contributed by atoms with E-state index < -0.39 is 12.0 Å². The number of nitrogens with zero attached hydrogens (tertiary/aromatic N) is 1. The van der Waals surface area contributed by atoms with Gasteiger partial charge in [-0.2, -0.15) is 0 Å². The fraction of sp³-hybridized carbons (Fsp3) is 0.591. The molecule has 1 unspecified atom stereocenters. The number of ether oxygens (including phenoxy) is 3. The molecule has 2 rings (SSSR count). The Balaban J connectivity index is 2.01. The summed E-state index contributed by atoms with van der Waals surface area (Å²) in [5.41, 5.74) is 0.403. The highest BCUT2D eigenvalue weighted by atomic mass is 16.5. The average Bonchev–Trinajstić information content (AvgIpc) is 2.75. The second-order valence-corrected chi connectivity index (χ2v) is 7.01. The summed E-state index contributed by atoms with van der Waals surface area (Å²) in [4.78, 5) is 39.1. The largest absolute Gasteiger partial charge is 0.491 e. The molecular formula is C22H32N2O6. The molecule has 1 fully saturated rings. The van der Waals surface area contributed by atoms with Crippen molar-refractivity contribution in [2.45, 2.75) is 45.6 Å². The third-order valence-electron chi connectivity index (χ3n) is 4.74. The number of esters is 1. The summed E-state index contributed by atoms with van der Waals surface area (Å²) < 4.78 is 16.1. The smallest absolute Gasteiger partial charge is 0.308 e. The molecule has 1 N–H and O–H groups in total. The summed E-state index contributed by atoms with van der Waals surface area (Å²) >= 11 is 0. The minimum atomic E-state index is -0.882. The highest BCUT2D eigenvalue weighted by molar-refractivity contribution is 5.99. The molecule has 0 aliphatic carbocycles. The van der Waals surface area contributed by atoms with Crippen LogP contribution in [0.5, 0.6) is 5.75 Å². The Labute approximate surface area is 177 Å². The molecule has 0 saturated carbocycles. The van der Waals surface area contributed by atoms with Gasteiger partial charge in [-0.15, -0.1) is 0 Å². The number of unbranched alkanes of at least 4 members (excludes halogenated alkanes) is 2. The summed E-state index contributed by atoms with van der Waals surface area (Å²) in [6, 6.07) is 5.92. The van der Waals surface area contributed by atoms with E-state index >= 15 is 0 Å². The van der Waals surface area contributed by atoms with E-state index in [9.17, 15) is 14.4 Å². The highest BCUT2D eigenvalue weighted by Gasteiger charge is 2.35. The van der Waals surface area contributed by atoms with E-state index in [4.69, 9.17) is 14.2 Å². The van der Waals surface area contributed by atoms with Crippen LogP contribution in [-0.4, -0.2) is 68.2 Å². The molecule has 2 amide bonds. The molecule has 1 aliphatic rings. The van der Waals surface area contributed by atoms with Crippen molar-refractivity contribution in [3.63, 3.8) is 0 Å². The van der Waals surface area contributed by atoms with Gasteiger partial charge >= 0.3 is 5.97 Å². The van der Waals surface area contributed by atoms with Crippen molar-refractivity contribution in [3.05, 3.63) is 29.8 Å². The lowest BCUT2D eigenvalue weighted by Gasteiger charge is -2.34. The Morgan fingerprint density at radius 3 is 2.77 bits per heavy atom. The molecule has 0 aromatic heterocycles. The molecule has 166 valence electrons. The molecule has 1 heterocycles. The van der Waals surface area contributed by atoms with Gasteiger partial charge in [0, 0.05) is 25.3 Å². The van der Waals surface area contributed by atoms with Gasteiger partial charge in [0.1, 0.15) is 18.4 Å². The lowest BCUT2D eigenvalue weighted by Crippen LogP contribution is -2.57. The van der Waals surface area contributed by atoms with Crippen LogP contribution in [0.4, 0.5) is 0 Å². The van der Waals surface area contributed by atoms with Crippen molar-refractivity contribution in [2.24, 2.45) is 0 Å². The fourth-order valence-corrected chi connectivity index (χ4v) is 3.16. The molecule has 30 heavy (non-hydrogen) atoms. The van der Waals surface area contributed by atoms with E-state index in [-0.39, 0.29) is 18.2 Å². The van der Waals surface area contributed by atoms with Crippen molar-refractivity contribution in [1.29, 1.82) is 0 Å². The van der Waals surface area contributed by atoms with E-state index in [2.05, 4.69) is 12.2 Å². The van der Waals surface area contributed by atoms with Gasteiger partial charge in [0.05, 0.1) is 19.6 Å². The van der Waals surface area contributed by atoms with Crippen molar-refractivity contribution in [2.75, 3.05) is 39.5 Å². The summed E-state index contributed by atoms with van der Waals surface area (Å²) in [7, 11) is 0. The first-order valence-corrected chi connectivity index (χ1v) is 10.6. The highest BCUT2D eigenvalue weighted by Crippen LogP contribution is 2.19. The SMILES string of the molecule is CCCCCOC(=O)CC1C(=O)NCCN1C(=O)c1cccc(OCCOCC)c1. The van der Waals surface area contributed by atoms with Crippen LogP contribution < -0.4 is 10.1 Å². The van der Waals surface area contributed by atoms with Gasteiger partial charge < -0.3 is 24.4 Å². The molecular weight excluding hydrogens is 388 g/mol. The van der Waals surface area contributed by atoms with Crippen LogP contribution >= 0.6 is 0 Å². The first kappa shape index (κ1) is 23.7. The number of hydrogen-bond donors (Lipinski definition) is 1. The van der Waals surface area contributed by atoms with Crippen LogP contribution in [0.1, 0.15) is 49.9 Å². The number of hydrogen-bond acceptors (Lipinski definition) is 6. The average molecular weight is 421 g/mol. The second-order valence-electron chi connectivity index (χ2n) is 7.01. The van der Waals surface area contributed by atoms with Crippen LogP contribution in [0, 0.1) is 0 Å². The minimum Gasteiger partial charge on any atom is -0.491 e. The number of carbonyl (C=O) groups is 3. The number of benzene rings is 1. The summed E-state index contributed by atoms with van der Waals surface area (Å²) in [6.07, 6.45) is 2.64. The van der Waals surface area contributed by atoms with Gasteiger partial charge in [-0.1, -0.05) is 25.8 Å². The molecule has 1 aromatic carbocycles. The second kappa shape index (κ2) is 12.8. The molecule has 0 spiro atoms. The molecule has 0 radical (unpaired) electrons. The molecule has 1 aromatic rings. The van der Waals surface area contributed by atoms with E-state index in [1.165, 1.54) is 4.90 Å². The first-order chi connectivity index (χ1) is 14.6. The van der Waals surface area contributed by atoms with E-state index in [0.717, 1.165) is 19.3 Å². The predicted molar refractivity (Wildman–Crippen MR) is 111 cm³/mol. The number of amides is 2. The van der Waals surface area contributed by atoms with Gasteiger partial charge in [-0.3, -0.25) is 14.4 Å². The molecule has 1 saturated heterocycles. The predicted octanol–water partition coefficient (Wildman–Crippen LogP) is 2.17. The van der Waals surface area contributed by atoms with Crippen LogP contribution in [0.15, 0.2) is 24.3 Å². The number of rotatable bonds is 12. The van der Waals surface area contributed by atoms with Crippen molar-refractivity contribution in [3.8, 4) is 5.75 Å². The van der Waals surface area contributed by atoms with Gasteiger partial charge in [0.15, 0.2) is 0 Å². The molecule has 0 bridgehead atoms. The first-order valence-electron chi connectivity index (χ1n) is 10.6. The topological polar surface area (TPSA) is 94.2 Å². The van der Waals surface area contributed by atoms with E-state index in [0.29, 0.717) is 50.8 Å². The van der Waals surface area contributed by atoms with Gasteiger partial charge in [-0.25, -0.2) is 0 Å². The number of nitrogens with one attached hydrogen (secondary N) is 1. The van der Waals surface area contributed by atoms with Crippen LogP contribution in [-0.2, 0) is 19.1 Å². The zero-order valence-corrected chi connectivity index (χ0v) is 17.9. The minimum absolute atomic E-state index is 0.158. The van der Waals surface area contributed by atoms with E-state index in [1.54, 1.807) is 24.3 Å². The lowest BCUT2D eigenvalue weighted by atomic mass is 10.1. The molecule has 1 aliphatic heterocycles. The molecule has 1 atom stereocenters. The maximum absolute atomic E-state index is 13.1. The van der Waals surface area contributed by atoms with Crippen LogP contribution in [0.25, 0.3) is 0 Å². The Morgan fingerprint density at radius 1 is 1.17 bits per heavy atom. The Morgan fingerprint density at radius 2 is 2.00 bits per heavy atom. The number of carbonyl (C=O) groups excluding carboxylic acids is 3. The normalized spacial score (nSPS) is 16.1. The summed E-state index contributed by atoms with van der Waals surface area (Å²) in [5.74, 6) is -0.582. The fourth-order valence-electron chi connectivity index (χ4n) is 3.16. The van der Waals surface area contributed by atoms with E-state index in [1.807, 2.05) is 6.92 Å². The van der Waals surface area contributed by atoms with Gasteiger partial charge in [0.2, 0.25) is 5.91 Å². The zero-order chi connectivity index (χ0) is 21.8. The molecule has 8 nitrogen and oxygen atoms in total. The Kier molecular flexibility index (Phi) is 10.1. The third kappa shape index (κ3) is 7.33. The Hall–Kier alpha value is -2.61. The monoisotopic (exact) mass is 420 g/mol. The van der Waals surface area contributed by atoms with Crippen LogP contribution in [0.2, 0.25) is 0 Å². The molecule has 8 heteroatoms. The maximum atomic E-state index is 13.1. The number of piperazine rings is 1. The quantitative estimate of drug-likeness (QED) is 0.411. The Bertz CT molecular complexity index is 709. The maximum Gasteiger partial charge on any atom is 0.308 e. The zero-order valence-electron chi connectivity index (χ0n) is 17.9.